The molecule has 0 radical (unpaired) electrons. The van der Waals surface area contributed by atoms with Gasteiger partial charge in [0, 0.05) is 5.02 Å². The summed E-state index contributed by atoms with van der Waals surface area (Å²) in [5, 5.41) is 0.997. The molecule has 2 aromatic carbocycles. The quantitative estimate of drug-likeness (QED) is 0.468. The fourth-order valence-corrected chi connectivity index (χ4v) is 5.18. The van der Waals surface area contributed by atoms with Crippen LogP contribution in [0.15, 0.2) is 63.5 Å². The molecule has 34 heavy (non-hydrogen) atoms. The van der Waals surface area contributed by atoms with Crippen molar-refractivity contribution in [3.05, 3.63) is 94.6 Å². The molecule has 1 aromatic heterocycles. The number of carbonyl (C=O) groups is 1. The van der Waals surface area contributed by atoms with Gasteiger partial charge >= 0.3 is 5.97 Å². The molecule has 0 fully saturated rings. The molecule has 0 amide bonds. The molecule has 0 N–H and O–H groups in total. The van der Waals surface area contributed by atoms with Gasteiger partial charge in [0.2, 0.25) is 0 Å². The van der Waals surface area contributed by atoms with Crippen LogP contribution in [0.2, 0.25) is 10.0 Å². The minimum Gasteiger partial charge on any atom is -0.495 e. The van der Waals surface area contributed by atoms with Crippen LogP contribution in [0, 0.1) is 0 Å². The maximum absolute atomic E-state index is 13.6. The fourth-order valence-electron chi connectivity index (χ4n) is 3.74. The zero-order valence-electron chi connectivity index (χ0n) is 19.0. The molecule has 0 saturated carbocycles. The highest BCUT2D eigenvalue weighted by Gasteiger charge is 2.33. The Kier molecular flexibility index (Phi) is 6.98. The largest absolute Gasteiger partial charge is 0.495 e. The van der Waals surface area contributed by atoms with Crippen LogP contribution in [0.1, 0.15) is 37.9 Å². The van der Waals surface area contributed by atoms with Gasteiger partial charge in [-0.05, 0) is 62.2 Å². The predicted octanol–water partition coefficient (Wildman–Crippen LogP) is 4.50. The summed E-state index contributed by atoms with van der Waals surface area (Å²) < 4.78 is 12.7. The fraction of sp³-hybridized carbons (Fsp3) is 0.240. The van der Waals surface area contributed by atoms with Crippen molar-refractivity contribution >= 4 is 46.6 Å². The topological polar surface area (TPSA) is 69.9 Å². The van der Waals surface area contributed by atoms with Crippen LogP contribution in [-0.4, -0.2) is 23.8 Å². The number of methoxy groups -OCH3 is 1. The Morgan fingerprint density at radius 2 is 1.88 bits per heavy atom. The second-order valence-corrected chi connectivity index (χ2v) is 9.83. The molecule has 9 heteroatoms. The van der Waals surface area contributed by atoms with E-state index in [2.05, 4.69) is 4.99 Å². The number of allylic oxidation sites excluding steroid dienone is 1. The number of aromatic nitrogens is 1. The first-order chi connectivity index (χ1) is 16.2. The van der Waals surface area contributed by atoms with Crippen molar-refractivity contribution in [2.24, 2.45) is 4.99 Å². The number of halogens is 2. The van der Waals surface area contributed by atoms with Crippen LogP contribution in [0.3, 0.4) is 0 Å². The molecule has 2 heterocycles. The number of hydrogen-bond acceptors (Lipinski definition) is 6. The summed E-state index contributed by atoms with van der Waals surface area (Å²) in [7, 11) is 1.54. The van der Waals surface area contributed by atoms with E-state index in [1.54, 1.807) is 70.4 Å². The van der Waals surface area contributed by atoms with Crippen LogP contribution in [0.25, 0.3) is 6.08 Å². The number of hydrogen-bond donors (Lipinski definition) is 0. The summed E-state index contributed by atoms with van der Waals surface area (Å²) in [5.41, 5.74) is 2.04. The number of esters is 1. The highest BCUT2D eigenvalue weighted by atomic mass is 35.5. The summed E-state index contributed by atoms with van der Waals surface area (Å²) in [6, 6.07) is 11.7. The lowest BCUT2D eigenvalue weighted by molar-refractivity contribution is -0.143. The van der Waals surface area contributed by atoms with Crippen molar-refractivity contribution in [1.29, 1.82) is 0 Å². The van der Waals surface area contributed by atoms with Crippen LogP contribution >= 0.6 is 34.5 Å². The molecule has 6 nitrogen and oxygen atoms in total. The minimum atomic E-state index is -0.693. The van der Waals surface area contributed by atoms with E-state index < -0.39 is 12.0 Å². The van der Waals surface area contributed by atoms with Gasteiger partial charge in [0.1, 0.15) is 5.75 Å². The number of carbonyl (C=O) groups excluding carboxylic acids is 1. The lowest BCUT2D eigenvalue weighted by atomic mass is 9.96. The molecular weight excluding hydrogens is 495 g/mol. The third kappa shape index (κ3) is 4.69. The van der Waals surface area contributed by atoms with Gasteiger partial charge in [-0.1, -0.05) is 52.7 Å². The Hall–Kier alpha value is -2.87. The van der Waals surface area contributed by atoms with E-state index in [-0.39, 0.29) is 11.7 Å². The van der Waals surface area contributed by atoms with Gasteiger partial charge in [-0.2, -0.15) is 0 Å². The van der Waals surface area contributed by atoms with Crippen molar-refractivity contribution < 1.29 is 14.3 Å². The molecule has 3 aromatic rings. The summed E-state index contributed by atoms with van der Waals surface area (Å²) in [6.07, 6.45) is 1.43. The second-order valence-electron chi connectivity index (χ2n) is 7.98. The first kappa shape index (κ1) is 24.3. The van der Waals surface area contributed by atoms with Crippen LogP contribution in [-0.2, 0) is 9.53 Å². The molecule has 1 aliphatic heterocycles. The standard InChI is InChI=1S/C25H22Cl2N2O4S/c1-13(2)33-24(31)21-14(3)28-25-29(22(21)16-6-8-17(26)9-7-16)23(30)20(34-25)12-15-5-10-19(32-4)18(27)11-15/h5-13,22H,1-4H3/b20-12+/t22-/m1/s1. The highest BCUT2D eigenvalue weighted by molar-refractivity contribution is 7.07. The zero-order chi connectivity index (χ0) is 24.6. The summed E-state index contributed by atoms with van der Waals surface area (Å²) in [5.74, 6) is 0.0411. The van der Waals surface area contributed by atoms with Crippen LogP contribution in [0.4, 0.5) is 0 Å². The van der Waals surface area contributed by atoms with Crippen molar-refractivity contribution in [3.63, 3.8) is 0 Å². The molecule has 4 rings (SSSR count). The van der Waals surface area contributed by atoms with Crippen molar-refractivity contribution in [1.82, 2.24) is 4.57 Å². The highest BCUT2D eigenvalue weighted by Crippen LogP contribution is 2.31. The summed E-state index contributed by atoms with van der Waals surface area (Å²) in [4.78, 5) is 31.8. The SMILES string of the molecule is COc1ccc(/C=c2/sc3n(c2=O)[C@H](c2ccc(Cl)cc2)C(C(=O)OC(C)C)=C(C)N=3)cc1Cl. The van der Waals surface area contributed by atoms with Gasteiger partial charge in [-0.15, -0.1) is 0 Å². The normalized spacial score (nSPS) is 15.9. The third-order valence-corrected chi connectivity index (χ3v) is 6.77. The van der Waals surface area contributed by atoms with E-state index in [1.165, 1.54) is 15.9 Å². The van der Waals surface area contributed by atoms with Gasteiger partial charge in [-0.3, -0.25) is 9.36 Å². The number of rotatable bonds is 5. The van der Waals surface area contributed by atoms with Crippen LogP contribution in [0.5, 0.6) is 5.75 Å². The maximum atomic E-state index is 13.6. The number of ether oxygens (including phenoxy) is 2. The Bertz CT molecular complexity index is 1470. The second kappa shape index (κ2) is 9.78. The average molecular weight is 517 g/mol. The van der Waals surface area contributed by atoms with E-state index in [0.29, 0.717) is 36.4 Å². The van der Waals surface area contributed by atoms with E-state index in [0.717, 1.165) is 11.1 Å². The van der Waals surface area contributed by atoms with Crippen LogP contribution < -0.4 is 19.6 Å². The Balaban J connectivity index is 1.92. The third-order valence-electron chi connectivity index (χ3n) is 5.24. The van der Waals surface area contributed by atoms with E-state index >= 15 is 0 Å². The lowest BCUT2D eigenvalue weighted by Gasteiger charge is -2.25. The molecule has 0 bridgehead atoms. The van der Waals surface area contributed by atoms with E-state index in [1.807, 2.05) is 6.07 Å². The minimum absolute atomic E-state index is 0.266. The van der Waals surface area contributed by atoms with Crippen molar-refractivity contribution in [2.75, 3.05) is 7.11 Å². The van der Waals surface area contributed by atoms with Gasteiger partial charge in [-0.25, -0.2) is 9.79 Å². The molecular formula is C25H22Cl2N2O4S. The Morgan fingerprint density at radius 3 is 2.50 bits per heavy atom. The Morgan fingerprint density at radius 1 is 1.18 bits per heavy atom. The molecule has 0 saturated heterocycles. The van der Waals surface area contributed by atoms with Gasteiger partial charge in [0.05, 0.1) is 40.1 Å². The lowest BCUT2D eigenvalue weighted by Crippen LogP contribution is -2.40. The number of benzene rings is 2. The van der Waals surface area contributed by atoms with Gasteiger partial charge in [0.15, 0.2) is 4.80 Å². The summed E-state index contributed by atoms with van der Waals surface area (Å²) in [6.45, 7) is 5.31. The number of nitrogens with zero attached hydrogens (tertiary/aromatic N) is 2. The molecule has 176 valence electrons. The van der Waals surface area contributed by atoms with Gasteiger partial charge in [0.25, 0.3) is 5.56 Å². The number of fused-ring (bicyclic) bond motifs is 1. The molecule has 1 atom stereocenters. The van der Waals surface area contributed by atoms with Crippen molar-refractivity contribution in [3.8, 4) is 5.75 Å². The number of thiazole rings is 1. The zero-order valence-corrected chi connectivity index (χ0v) is 21.3. The predicted molar refractivity (Wildman–Crippen MR) is 134 cm³/mol. The average Bonchev–Trinajstić information content (AvgIpc) is 3.07. The molecule has 0 aliphatic carbocycles. The molecule has 0 spiro atoms. The Labute approximate surface area is 210 Å². The van der Waals surface area contributed by atoms with E-state index in [9.17, 15) is 9.59 Å². The summed E-state index contributed by atoms with van der Waals surface area (Å²) >= 11 is 13.6. The first-order valence-electron chi connectivity index (χ1n) is 10.5. The first-order valence-corrected chi connectivity index (χ1v) is 12.1. The van der Waals surface area contributed by atoms with Gasteiger partial charge < -0.3 is 9.47 Å². The maximum Gasteiger partial charge on any atom is 0.338 e. The molecule has 1 aliphatic rings. The van der Waals surface area contributed by atoms with Crippen molar-refractivity contribution in [2.45, 2.75) is 32.9 Å². The monoisotopic (exact) mass is 516 g/mol. The van der Waals surface area contributed by atoms with E-state index in [4.69, 9.17) is 32.7 Å². The molecule has 0 unspecified atom stereocenters. The smallest absolute Gasteiger partial charge is 0.338 e.